The number of hydrogen-bond donors (Lipinski definition) is 1. The Morgan fingerprint density at radius 2 is 1.86 bits per heavy atom. The maximum atomic E-state index is 13.4. The number of halogens is 1. The smallest absolute Gasteiger partial charge is 0.228 e. The van der Waals surface area contributed by atoms with Crippen LogP contribution in [0.5, 0.6) is 0 Å². The van der Waals surface area contributed by atoms with Crippen molar-refractivity contribution in [2.75, 3.05) is 16.8 Å². The van der Waals surface area contributed by atoms with Crippen LogP contribution in [0.4, 0.5) is 21.8 Å². The molecule has 0 fully saturated rings. The number of hydrogen-bond acceptors (Lipinski definition) is 4. The molecule has 0 unspecified atom stereocenters. The van der Waals surface area contributed by atoms with Crippen LogP contribution in [0.1, 0.15) is 40.9 Å². The van der Waals surface area contributed by atoms with Gasteiger partial charge < -0.3 is 10.2 Å². The first-order chi connectivity index (χ1) is 13.4. The van der Waals surface area contributed by atoms with Crippen LogP contribution in [0.2, 0.25) is 0 Å². The summed E-state index contributed by atoms with van der Waals surface area (Å²) < 4.78 is 13.4. The molecule has 0 saturated carbocycles. The van der Waals surface area contributed by atoms with Crippen molar-refractivity contribution in [2.24, 2.45) is 0 Å². The number of benzene rings is 2. The van der Waals surface area contributed by atoms with Gasteiger partial charge in [0.1, 0.15) is 11.6 Å². The fraction of sp³-hybridized carbons (Fsp3) is 0.304. The maximum Gasteiger partial charge on any atom is 0.228 e. The van der Waals surface area contributed by atoms with E-state index in [0.29, 0.717) is 0 Å². The van der Waals surface area contributed by atoms with Crippen LogP contribution in [-0.2, 0) is 6.42 Å². The van der Waals surface area contributed by atoms with Crippen LogP contribution in [0, 0.1) is 26.6 Å². The average Bonchev–Trinajstić information content (AvgIpc) is 2.68. The lowest BCUT2D eigenvalue weighted by Crippen LogP contribution is -2.35. The number of fused-ring (bicyclic) bond motifs is 1. The molecule has 1 N–H and O–H groups in total. The Labute approximate surface area is 165 Å². The molecule has 0 amide bonds. The summed E-state index contributed by atoms with van der Waals surface area (Å²) in [6.07, 6.45) is 0.983. The van der Waals surface area contributed by atoms with E-state index in [2.05, 4.69) is 41.4 Å². The van der Waals surface area contributed by atoms with Crippen molar-refractivity contribution in [3.05, 3.63) is 76.2 Å². The van der Waals surface area contributed by atoms with Gasteiger partial charge in [0.25, 0.3) is 0 Å². The van der Waals surface area contributed by atoms with Crippen LogP contribution in [0.15, 0.2) is 42.5 Å². The zero-order valence-electron chi connectivity index (χ0n) is 16.8. The van der Waals surface area contributed by atoms with Gasteiger partial charge in [-0.05, 0) is 69.0 Å². The van der Waals surface area contributed by atoms with E-state index in [-0.39, 0.29) is 11.9 Å². The van der Waals surface area contributed by atoms with E-state index < -0.39 is 0 Å². The molecule has 0 radical (unpaired) electrons. The first-order valence-corrected chi connectivity index (χ1v) is 9.67. The summed E-state index contributed by atoms with van der Waals surface area (Å²) in [5.74, 6) is 1.26. The molecule has 28 heavy (non-hydrogen) atoms. The van der Waals surface area contributed by atoms with Gasteiger partial charge in [0.05, 0.1) is 6.04 Å². The molecule has 1 atom stereocenters. The molecular formula is C23H25FN4. The van der Waals surface area contributed by atoms with E-state index in [0.717, 1.165) is 47.2 Å². The molecule has 5 heteroatoms. The number of rotatable bonds is 3. The molecule has 1 aliphatic heterocycles. The summed E-state index contributed by atoms with van der Waals surface area (Å²) in [6, 6.07) is 13.5. The second-order valence-electron chi connectivity index (χ2n) is 7.49. The molecule has 1 aliphatic rings. The number of aryl methyl sites for hydroxylation is 2. The van der Waals surface area contributed by atoms with Gasteiger partial charge in [-0.2, -0.15) is 4.98 Å². The second kappa shape index (κ2) is 7.23. The molecule has 4 nitrogen and oxygen atoms in total. The largest absolute Gasteiger partial charge is 0.340 e. The average molecular weight is 376 g/mol. The van der Waals surface area contributed by atoms with Crippen molar-refractivity contribution < 1.29 is 4.39 Å². The molecular weight excluding hydrogens is 351 g/mol. The third-order valence-corrected chi connectivity index (χ3v) is 5.67. The topological polar surface area (TPSA) is 41.1 Å². The van der Waals surface area contributed by atoms with Gasteiger partial charge in [-0.1, -0.05) is 24.3 Å². The fourth-order valence-electron chi connectivity index (χ4n) is 3.80. The first kappa shape index (κ1) is 18.4. The zero-order valence-corrected chi connectivity index (χ0v) is 16.8. The molecule has 4 rings (SSSR count). The second-order valence-corrected chi connectivity index (χ2v) is 7.49. The minimum atomic E-state index is -0.236. The van der Waals surface area contributed by atoms with Crippen LogP contribution in [0.3, 0.4) is 0 Å². The Balaban J connectivity index is 1.70. The Bertz CT molecular complexity index is 1030. The Morgan fingerprint density at radius 1 is 1.07 bits per heavy atom. The van der Waals surface area contributed by atoms with Crippen molar-refractivity contribution >= 4 is 17.5 Å². The SMILES string of the molecule is Cc1cc(F)ccc1Nc1nc(N2CCc3ccccc3[C@@H]2C)nc(C)c1C. The molecule has 0 bridgehead atoms. The van der Waals surface area contributed by atoms with E-state index in [4.69, 9.17) is 9.97 Å². The molecule has 1 aromatic heterocycles. The van der Waals surface area contributed by atoms with E-state index in [1.54, 1.807) is 6.07 Å². The van der Waals surface area contributed by atoms with Gasteiger partial charge >= 0.3 is 0 Å². The third kappa shape index (κ3) is 3.33. The summed E-state index contributed by atoms with van der Waals surface area (Å²) in [5.41, 5.74) is 6.37. The molecule has 2 aromatic carbocycles. The normalized spacial score (nSPS) is 16.0. The fourth-order valence-corrected chi connectivity index (χ4v) is 3.80. The highest BCUT2D eigenvalue weighted by molar-refractivity contribution is 5.64. The summed E-state index contributed by atoms with van der Waals surface area (Å²) in [4.78, 5) is 11.9. The number of anilines is 3. The lowest BCUT2D eigenvalue weighted by molar-refractivity contribution is 0.607. The standard InChI is InChI=1S/C23H25FN4/c1-14-13-19(24)9-10-21(14)26-22-15(2)16(3)25-23(27-22)28-12-11-18-7-5-6-8-20(18)17(28)4/h5-10,13,17H,11-12H2,1-4H3,(H,25,26,27)/t17-/m0/s1. The summed E-state index contributed by atoms with van der Waals surface area (Å²) in [6.45, 7) is 8.99. The predicted octanol–water partition coefficient (Wildman–Crippen LogP) is 5.41. The van der Waals surface area contributed by atoms with Crippen molar-refractivity contribution in [1.82, 2.24) is 9.97 Å². The highest BCUT2D eigenvalue weighted by Gasteiger charge is 2.26. The van der Waals surface area contributed by atoms with Gasteiger partial charge in [0.15, 0.2) is 0 Å². The van der Waals surface area contributed by atoms with E-state index >= 15 is 0 Å². The van der Waals surface area contributed by atoms with Crippen LogP contribution in [0.25, 0.3) is 0 Å². The molecule has 2 heterocycles. The van der Waals surface area contributed by atoms with Gasteiger partial charge in [0, 0.05) is 23.5 Å². The molecule has 144 valence electrons. The van der Waals surface area contributed by atoms with Crippen LogP contribution < -0.4 is 10.2 Å². The van der Waals surface area contributed by atoms with Crippen LogP contribution in [-0.4, -0.2) is 16.5 Å². The molecule has 0 spiro atoms. The highest BCUT2D eigenvalue weighted by atomic mass is 19.1. The summed E-state index contributed by atoms with van der Waals surface area (Å²) in [5, 5.41) is 3.38. The van der Waals surface area contributed by atoms with Gasteiger partial charge in [-0.3, -0.25) is 0 Å². The van der Waals surface area contributed by atoms with Gasteiger partial charge in [-0.15, -0.1) is 0 Å². The Kier molecular flexibility index (Phi) is 4.75. The van der Waals surface area contributed by atoms with E-state index in [9.17, 15) is 4.39 Å². The third-order valence-electron chi connectivity index (χ3n) is 5.67. The number of nitrogens with one attached hydrogen (secondary N) is 1. The predicted molar refractivity (Wildman–Crippen MR) is 112 cm³/mol. The number of nitrogens with zero attached hydrogens (tertiary/aromatic N) is 3. The number of aromatic nitrogens is 2. The van der Waals surface area contributed by atoms with Crippen LogP contribution >= 0.6 is 0 Å². The minimum Gasteiger partial charge on any atom is -0.340 e. The van der Waals surface area contributed by atoms with Gasteiger partial charge in [0.2, 0.25) is 5.95 Å². The Morgan fingerprint density at radius 3 is 2.64 bits per heavy atom. The van der Waals surface area contributed by atoms with E-state index in [1.807, 2.05) is 20.8 Å². The lowest BCUT2D eigenvalue weighted by Gasteiger charge is -2.35. The van der Waals surface area contributed by atoms with Gasteiger partial charge in [-0.25, -0.2) is 9.37 Å². The zero-order chi connectivity index (χ0) is 19.8. The van der Waals surface area contributed by atoms with Crippen molar-refractivity contribution in [2.45, 2.75) is 40.2 Å². The van der Waals surface area contributed by atoms with Crippen molar-refractivity contribution in [3.8, 4) is 0 Å². The first-order valence-electron chi connectivity index (χ1n) is 9.67. The van der Waals surface area contributed by atoms with Crippen molar-refractivity contribution in [1.29, 1.82) is 0 Å². The molecule has 0 aliphatic carbocycles. The molecule has 0 saturated heterocycles. The molecule has 3 aromatic rings. The summed E-state index contributed by atoms with van der Waals surface area (Å²) in [7, 11) is 0. The maximum absolute atomic E-state index is 13.4. The summed E-state index contributed by atoms with van der Waals surface area (Å²) >= 11 is 0. The van der Waals surface area contributed by atoms with E-state index in [1.165, 1.54) is 23.3 Å². The quantitative estimate of drug-likeness (QED) is 0.664. The lowest BCUT2D eigenvalue weighted by atomic mass is 9.94. The Hall–Kier alpha value is -2.95. The minimum absolute atomic E-state index is 0.215. The monoisotopic (exact) mass is 376 g/mol. The van der Waals surface area contributed by atoms with Crippen molar-refractivity contribution in [3.63, 3.8) is 0 Å². The highest BCUT2D eigenvalue weighted by Crippen LogP contribution is 2.33.